The van der Waals surface area contributed by atoms with E-state index in [1.807, 2.05) is 0 Å². The predicted molar refractivity (Wildman–Crippen MR) is 54.1 cm³/mol. The van der Waals surface area contributed by atoms with Gasteiger partial charge < -0.3 is 4.98 Å². The number of nitrogens with zero attached hydrogens (tertiary/aromatic N) is 1. The third-order valence-corrected chi connectivity index (χ3v) is 2.96. The van der Waals surface area contributed by atoms with E-state index in [9.17, 15) is 28.1 Å². The molecule has 0 saturated heterocycles. The van der Waals surface area contributed by atoms with Crippen LogP contribution in [0.25, 0.3) is 10.2 Å². The zero-order chi connectivity index (χ0) is 12.8. The van der Waals surface area contributed by atoms with Crippen molar-refractivity contribution < 1.29 is 18.1 Å². The normalized spacial score (nSPS) is 11.9. The van der Waals surface area contributed by atoms with E-state index >= 15 is 0 Å². The number of fused-ring (bicyclic) bond motifs is 1. The first-order chi connectivity index (χ1) is 7.80. The Morgan fingerprint density at radius 3 is 2.53 bits per heavy atom. The van der Waals surface area contributed by atoms with Gasteiger partial charge in [0.25, 0.3) is 5.69 Å². The number of nitro benzene ring substituents is 1. The second-order valence-corrected chi connectivity index (χ2v) is 4.09. The molecule has 0 bridgehead atoms. The summed E-state index contributed by atoms with van der Waals surface area (Å²) >= 11 is 0.302. The highest BCUT2D eigenvalue weighted by Crippen LogP contribution is 2.41. The number of nitrogens with one attached hydrogen (secondary N) is 1. The maximum atomic E-state index is 12.7. The van der Waals surface area contributed by atoms with Gasteiger partial charge in [0.2, 0.25) is 0 Å². The van der Waals surface area contributed by atoms with Crippen molar-refractivity contribution in [1.29, 1.82) is 0 Å². The van der Waals surface area contributed by atoms with Crippen molar-refractivity contribution in [1.82, 2.24) is 4.98 Å². The van der Waals surface area contributed by atoms with Crippen molar-refractivity contribution in [2.45, 2.75) is 6.18 Å². The van der Waals surface area contributed by atoms with Gasteiger partial charge in [-0.05, 0) is 6.07 Å². The number of aromatic amines is 1. The van der Waals surface area contributed by atoms with Crippen molar-refractivity contribution in [2.24, 2.45) is 0 Å². The number of nitro groups is 1. The van der Waals surface area contributed by atoms with Gasteiger partial charge in [0, 0.05) is 6.07 Å². The Bertz CT molecular complexity index is 658. The largest absolute Gasteiger partial charge is 0.424 e. The van der Waals surface area contributed by atoms with Gasteiger partial charge in [0.05, 0.1) is 15.1 Å². The summed E-state index contributed by atoms with van der Waals surface area (Å²) in [4.78, 5) is 21.9. The number of hydrogen-bond acceptors (Lipinski definition) is 4. The Labute approximate surface area is 94.6 Å². The number of hydrogen-bond donors (Lipinski definition) is 1. The van der Waals surface area contributed by atoms with Crippen LogP contribution in [0.15, 0.2) is 16.9 Å². The average molecular weight is 264 g/mol. The fourth-order valence-electron chi connectivity index (χ4n) is 1.43. The summed E-state index contributed by atoms with van der Waals surface area (Å²) in [5.41, 5.74) is -2.50. The van der Waals surface area contributed by atoms with Crippen LogP contribution in [-0.4, -0.2) is 9.91 Å². The minimum atomic E-state index is -4.88. The first-order valence-electron chi connectivity index (χ1n) is 4.18. The molecule has 2 aromatic rings. The molecule has 17 heavy (non-hydrogen) atoms. The average Bonchev–Trinajstić information content (AvgIpc) is 2.53. The highest BCUT2D eigenvalue weighted by Gasteiger charge is 2.41. The third kappa shape index (κ3) is 1.88. The SMILES string of the molecule is O=c1[nH]c2ccc([N+](=O)[O-])c(C(F)(F)F)c2s1. The van der Waals surface area contributed by atoms with E-state index in [-0.39, 0.29) is 5.52 Å². The number of benzene rings is 1. The van der Waals surface area contributed by atoms with Crippen molar-refractivity contribution >= 4 is 27.2 Å². The van der Waals surface area contributed by atoms with Crippen LogP contribution in [0.5, 0.6) is 0 Å². The van der Waals surface area contributed by atoms with Crippen LogP contribution in [0.2, 0.25) is 0 Å². The van der Waals surface area contributed by atoms with Crippen molar-refractivity contribution in [2.75, 3.05) is 0 Å². The van der Waals surface area contributed by atoms with E-state index in [1.165, 1.54) is 0 Å². The van der Waals surface area contributed by atoms with Crippen LogP contribution in [0.4, 0.5) is 18.9 Å². The monoisotopic (exact) mass is 264 g/mol. The predicted octanol–water partition coefficient (Wildman–Crippen LogP) is 2.52. The van der Waals surface area contributed by atoms with Crippen LogP contribution >= 0.6 is 11.3 Å². The van der Waals surface area contributed by atoms with E-state index in [2.05, 4.69) is 4.98 Å². The molecule has 1 N–H and O–H groups in total. The van der Waals surface area contributed by atoms with Gasteiger partial charge >= 0.3 is 11.0 Å². The highest BCUT2D eigenvalue weighted by atomic mass is 32.1. The molecule has 0 amide bonds. The van der Waals surface area contributed by atoms with Gasteiger partial charge in [-0.1, -0.05) is 11.3 Å². The quantitative estimate of drug-likeness (QED) is 0.635. The van der Waals surface area contributed by atoms with Gasteiger partial charge in [-0.15, -0.1) is 0 Å². The van der Waals surface area contributed by atoms with E-state index < -0.39 is 31.9 Å². The Kier molecular flexibility index (Phi) is 2.42. The lowest BCUT2D eigenvalue weighted by atomic mass is 10.1. The van der Waals surface area contributed by atoms with Gasteiger partial charge in [-0.25, -0.2) is 0 Å². The van der Waals surface area contributed by atoms with E-state index in [4.69, 9.17) is 0 Å². The van der Waals surface area contributed by atoms with Crippen molar-refractivity contribution in [3.63, 3.8) is 0 Å². The molecule has 0 aliphatic carbocycles. The number of rotatable bonds is 1. The molecule has 0 aliphatic rings. The lowest BCUT2D eigenvalue weighted by Gasteiger charge is -2.07. The van der Waals surface area contributed by atoms with Crippen LogP contribution in [0, 0.1) is 10.1 Å². The fourth-order valence-corrected chi connectivity index (χ4v) is 2.33. The van der Waals surface area contributed by atoms with Gasteiger partial charge in [-0.3, -0.25) is 14.9 Å². The Morgan fingerprint density at radius 2 is 2.00 bits per heavy atom. The lowest BCUT2D eigenvalue weighted by molar-refractivity contribution is -0.387. The zero-order valence-corrected chi connectivity index (χ0v) is 8.69. The number of alkyl halides is 3. The minimum Gasteiger partial charge on any atom is -0.312 e. The second kappa shape index (κ2) is 3.55. The van der Waals surface area contributed by atoms with Gasteiger partial charge in [-0.2, -0.15) is 13.2 Å². The molecule has 1 aromatic heterocycles. The Morgan fingerprint density at radius 1 is 1.35 bits per heavy atom. The number of thiazole rings is 1. The molecule has 0 saturated carbocycles. The van der Waals surface area contributed by atoms with Crippen LogP contribution in [-0.2, 0) is 6.18 Å². The summed E-state index contributed by atoms with van der Waals surface area (Å²) in [6.45, 7) is 0. The topological polar surface area (TPSA) is 76.0 Å². The molecule has 1 aromatic carbocycles. The molecule has 2 rings (SSSR count). The summed E-state index contributed by atoms with van der Waals surface area (Å²) in [7, 11) is 0. The van der Waals surface area contributed by atoms with Crippen molar-refractivity contribution in [3.8, 4) is 0 Å². The second-order valence-electron chi connectivity index (χ2n) is 3.11. The van der Waals surface area contributed by atoms with Crippen LogP contribution < -0.4 is 4.87 Å². The third-order valence-electron chi connectivity index (χ3n) is 2.05. The van der Waals surface area contributed by atoms with Gasteiger partial charge in [0.15, 0.2) is 5.56 Å². The Balaban J connectivity index is 2.94. The van der Waals surface area contributed by atoms with E-state index in [0.717, 1.165) is 12.1 Å². The molecular formula is C8H3F3N2O3S. The summed E-state index contributed by atoms with van der Waals surface area (Å²) in [6, 6.07) is 1.81. The standard InChI is InChI=1S/C8H3F3N2O3S/c9-8(10,11)5-4(13(15)16)2-1-3-6(5)17-7(14)12-3/h1-2H,(H,12,14). The molecule has 0 unspecified atom stereocenters. The molecule has 5 nitrogen and oxygen atoms in total. The van der Waals surface area contributed by atoms with Crippen LogP contribution in [0.1, 0.15) is 5.56 Å². The fraction of sp³-hybridized carbons (Fsp3) is 0.125. The molecule has 0 spiro atoms. The number of halogens is 3. The smallest absolute Gasteiger partial charge is 0.312 e. The minimum absolute atomic E-state index is 0.0575. The van der Waals surface area contributed by atoms with Gasteiger partial charge in [0.1, 0.15) is 0 Å². The number of H-pyrrole nitrogens is 1. The lowest BCUT2D eigenvalue weighted by Crippen LogP contribution is -2.09. The van der Waals surface area contributed by atoms with Crippen molar-refractivity contribution in [3.05, 3.63) is 37.5 Å². The molecule has 0 aliphatic heterocycles. The summed E-state index contributed by atoms with van der Waals surface area (Å²) in [5.74, 6) is 0. The summed E-state index contributed by atoms with van der Waals surface area (Å²) < 4.78 is 37.8. The highest BCUT2D eigenvalue weighted by molar-refractivity contribution is 7.16. The summed E-state index contributed by atoms with van der Waals surface area (Å²) in [6.07, 6.45) is -4.88. The molecule has 90 valence electrons. The maximum absolute atomic E-state index is 12.7. The summed E-state index contributed by atoms with van der Waals surface area (Å²) in [5, 5.41) is 10.5. The Hall–Kier alpha value is -1.90. The molecule has 0 radical (unpaired) electrons. The molecule has 1 heterocycles. The first kappa shape index (κ1) is 11.6. The maximum Gasteiger partial charge on any atom is 0.424 e. The molecular weight excluding hydrogens is 261 g/mol. The molecule has 0 fully saturated rings. The van der Waals surface area contributed by atoms with Crippen LogP contribution in [0.3, 0.4) is 0 Å². The van der Waals surface area contributed by atoms with E-state index in [0.29, 0.717) is 11.3 Å². The van der Waals surface area contributed by atoms with E-state index in [1.54, 1.807) is 0 Å². The zero-order valence-electron chi connectivity index (χ0n) is 7.87. The molecule has 0 atom stereocenters. The number of aromatic nitrogens is 1. The molecule has 9 heteroatoms. The first-order valence-corrected chi connectivity index (χ1v) is 5.00.